The summed E-state index contributed by atoms with van der Waals surface area (Å²) in [4.78, 5) is 12.4. The van der Waals surface area contributed by atoms with Crippen LogP contribution in [-0.2, 0) is 4.79 Å². The Morgan fingerprint density at radius 1 is 1.35 bits per heavy atom. The largest absolute Gasteiger partial charge is 0.484 e. The smallest absolute Gasteiger partial charge is 0.422 e. The molecule has 1 fully saturated rings. The van der Waals surface area contributed by atoms with E-state index in [0.29, 0.717) is 12.1 Å². The lowest BCUT2D eigenvalue weighted by molar-refractivity contribution is -0.153. The van der Waals surface area contributed by atoms with Gasteiger partial charge in [0.15, 0.2) is 6.61 Å². The molecule has 8 heteroatoms. The van der Waals surface area contributed by atoms with Crippen LogP contribution in [0.15, 0.2) is 24.3 Å². The number of halogens is 4. The lowest BCUT2D eigenvalue weighted by Gasteiger charge is -2.26. The third-order valence-corrected chi connectivity index (χ3v) is 3.80. The van der Waals surface area contributed by atoms with E-state index in [4.69, 9.17) is 0 Å². The second kappa shape index (κ2) is 7.88. The van der Waals surface area contributed by atoms with Crippen molar-refractivity contribution in [2.75, 3.05) is 18.5 Å². The summed E-state index contributed by atoms with van der Waals surface area (Å²) < 4.78 is 40.8. The molecule has 23 heavy (non-hydrogen) atoms. The number of alkyl halides is 3. The minimum absolute atomic E-state index is 0. The van der Waals surface area contributed by atoms with Crippen LogP contribution < -0.4 is 15.4 Å². The van der Waals surface area contributed by atoms with Crippen molar-refractivity contribution in [1.29, 1.82) is 0 Å². The maximum absolute atomic E-state index is 12.4. The van der Waals surface area contributed by atoms with Gasteiger partial charge in [-0.25, -0.2) is 0 Å². The maximum Gasteiger partial charge on any atom is 0.422 e. The zero-order valence-corrected chi connectivity index (χ0v) is 13.5. The zero-order chi connectivity index (χ0) is 16.2. The first-order valence-corrected chi connectivity index (χ1v) is 7.21. The van der Waals surface area contributed by atoms with Crippen LogP contribution in [0.25, 0.3) is 0 Å². The molecule has 0 saturated carbocycles. The van der Waals surface area contributed by atoms with Crippen molar-refractivity contribution in [3.63, 3.8) is 0 Å². The Morgan fingerprint density at radius 2 is 2.00 bits per heavy atom. The Labute approximate surface area is 139 Å². The van der Waals surface area contributed by atoms with Crippen molar-refractivity contribution < 1.29 is 22.7 Å². The van der Waals surface area contributed by atoms with Crippen LogP contribution in [0.2, 0.25) is 0 Å². The van der Waals surface area contributed by atoms with Gasteiger partial charge in [-0.1, -0.05) is 6.92 Å². The van der Waals surface area contributed by atoms with Gasteiger partial charge < -0.3 is 15.4 Å². The van der Waals surface area contributed by atoms with E-state index in [9.17, 15) is 18.0 Å². The molecule has 4 nitrogen and oxygen atoms in total. The summed E-state index contributed by atoms with van der Waals surface area (Å²) in [6.07, 6.45) is -1.95. The van der Waals surface area contributed by atoms with E-state index in [-0.39, 0.29) is 24.1 Å². The van der Waals surface area contributed by atoms with Crippen molar-refractivity contribution in [2.24, 2.45) is 0 Å². The number of rotatable bonds is 5. The third-order valence-electron chi connectivity index (χ3n) is 3.80. The van der Waals surface area contributed by atoms with E-state index in [2.05, 4.69) is 15.4 Å². The minimum Gasteiger partial charge on any atom is -0.484 e. The molecule has 1 atom stereocenters. The number of hydrogen-bond acceptors (Lipinski definition) is 3. The zero-order valence-electron chi connectivity index (χ0n) is 12.7. The van der Waals surface area contributed by atoms with Crippen molar-refractivity contribution in [3.8, 4) is 5.75 Å². The number of amides is 1. The Bertz CT molecular complexity index is 514. The summed E-state index contributed by atoms with van der Waals surface area (Å²) in [6.45, 7) is 1.43. The van der Waals surface area contributed by atoms with Crippen LogP contribution in [0.3, 0.4) is 0 Å². The van der Waals surface area contributed by atoms with Crippen molar-refractivity contribution in [1.82, 2.24) is 5.32 Å². The molecule has 1 amide bonds. The minimum atomic E-state index is -4.37. The van der Waals surface area contributed by atoms with Gasteiger partial charge in [-0.2, -0.15) is 13.2 Å². The SMILES string of the molecule is CCC1(C(=O)Nc2ccc(OCC(F)(F)F)cc2)CCCN1.Cl. The maximum atomic E-state index is 12.4. The van der Waals surface area contributed by atoms with E-state index in [1.165, 1.54) is 24.3 Å². The van der Waals surface area contributed by atoms with Crippen LogP contribution in [0.5, 0.6) is 5.75 Å². The first kappa shape index (κ1) is 19.6. The number of ether oxygens (including phenoxy) is 1. The summed E-state index contributed by atoms with van der Waals surface area (Å²) in [7, 11) is 0. The molecule has 1 unspecified atom stereocenters. The molecule has 0 aromatic heterocycles. The van der Waals surface area contributed by atoms with E-state index < -0.39 is 18.3 Å². The number of hydrogen-bond donors (Lipinski definition) is 2. The van der Waals surface area contributed by atoms with Crippen molar-refractivity contribution >= 4 is 24.0 Å². The van der Waals surface area contributed by atoms with Gasteiger partial charge in [0.2, 0.25) is 5.91 Å². The Morgan fingerprint density at radius 3 is 2.48 bits per heavy atom. The highest BCUT2D eigenvalue weighted by Crippen LogP contribution is 2.26. The predicted molar refractivity (Wildman–Crippen MR) is 84.1 cm³/mol. The quantitative estimate of drug-likeness (QED) is 0.852. The van der Waals surface area contributed by atoms with E-state index >= 15 is 0 Å². The topological polar surface area (TPSA) is 50.4 Å². The molecule has 130 valence electrons. The molecular weight excluding hydrogens is 333 g/mol. The van der Waals surface area contributed by atoms with Crippen LogP contribution in [0.4, 0.5) is 18.9 Å². The molecule has 1 heterocycles. The van der Waals surface area contributed by atoms with Crippen molar-refractivity contribution in [2.45, 2.75) is 37.9 Å². The Kier molecular flexibility index (Phi) is 6.70. The van der Waals surface area contributed by atoms with Crippen LogP contribution in [0, 0.1) is 0 Å². The highest BCUT2D eigenvalue weighted by molar-refractivity contribution is 5.98. The molecule has 1 aliphatic rings. The van der Waals surface area contributed by atoms with Gasteiger partial charge in [0, 0.05) is 5.69 Å². The number of benzene rings is 1. The summed E-state index contributed by atoms with van der Waals surface area (Å²) in [5.74, 6) is -0.00372. The molecular formula is C15H20ClF3N2O2. The average molecular weight is 353 g/mol. The average Bonchev–Trinajstić information content (AvgIpc) is 2.96. The highest BCUT2D eigenvalue weighted by atomic mass is 35.5. The fraction of sp³-hybridized carbons (Fsp3) is 0.533. The van der Waals surface area contributed by atoms with Gasteiger partial charge >= 0.3 is 6.18 Å². The van der Waals surface area contributed by atoms with Crippen LogP contribution in [-0.4, -0.2) is 30.8 Å². The normalized spacial score (nSPS) is 20.7. The number of carbonyl (C=O) groups excluding carboxylic acids is 1. The van der Waals surface area contributed by atoms with Gasteiger partial charge in [-0.15, -0.1) is 12.4 Å². The second-order valence-corrected chi connectivity index (χ2v) is 5.35. The summed E-state index contributed by atoms with van der Waals surface area (Å²) in [6, 6.07) is 5.87. The standard InChI is InChI=1S/C15H19F3N2O2.ClH/c1-2-14(8-3-9-19-14)13(21)20-11-4-6-12(7-5-11)22-10-15(16,17)18;/h4-7,19H,2-3,8-10H2,1H3,(H,20,21);1H. The number of anilines is 1. The molecule has 1 aromatic carbocycles. The predicted octanol–water partition coefficient (Wildman–Crippen LogP) is 3.52. The lowest BCUT2D eigenvalue weighted by Crippen LogP contribution is -2.50. The molecule has 2 N–H and O–H groups in total. The first-order valence-electron chi connectivity index (χ1n) is 7.21. The molecule has 0 radical (unpaired) electrons. The second-order valence-electron chi connectivity index (χ2n) is 5.35. The van der Waals surface area contributed by atoms with Gasteiger partial charge in [0.05, 0.1) is 5.54 Å². The van der Waals surface area contributed by atoms with E-state index in [1.807, 2.05) is 6.92 Å². The van der Waals surface area contributed by atoms with Gasteiger partial charge in [-0.05, 0) is 50.1 Å². The monoisotopic (exact) mass is 352 g/mol. The van der Waals surface area contributed by atoms with Crippen molar-refractivity contribution in [3.05, 3.63) is 24.3 Å². The van der Waals surface area contributed by atoms with Gasteiger partial charge in [0.25, 0.3) is 0 Å². The molecule has 1 aromatic rings. The van der Waals surface area contributed by atoms with E-state index in [1.54, 1.807) is 0 Å². The molecule has 0 bridgehead atoms. The molecule has 0 aliphatic carbocycles. The number of carbonyl (C=O) groups is 1. The van der Waals surface area contributed by atoms with Gasteiger partial charge in [0.1, 0.15) is 5.75 Å². The summed E-state index contributed by atoms with van der Waals surface area (Å²) in [5, 5.41) is 6.02. The Hall–Kier alpha value is -1.47. The fourth-order valence-electron chi connectivity index (χ4n) is 2.51. The highest BCUT2D eigenvalue weighted by Gasteiger charge is 2.39. The van der Waals surface area contributed by atoms with Crippen LogP contribution in [0.1, 0.15) is 26.2 Å². The fourth-order valence-corrected chi connectivity index (χ4v) is 2.51. The number of nitrogens with one attached hydrogen (secondary N) is 2. The molecule has 1 saturated heterocycles. The molecule has 2 rings (SSSR count). The van der Waals surface area contributed by atoms with Gasteiger partial charge in [-0.3, -0.25) is 4.79 Å². The third kappa shape index (κ3) is 5.28. The first-order chi connectivity index (χ1) is 10.3. The molecule has 0 spiro atoms. The molecule has 1 aliphatic heterocycles. The van der Waals surface area contributed by atoms with E-state index in [0.717, 1.165) is 19.4 Å². The summed E-state index contributed by atoms with van der Waals surface area (Å²) in [5.41, 5.74) is -0.0169. The van der Waals surface area contributed by atoms with Crippen LogP contribution >= 0.6 is 12.4 Å². The summed E-state index contributed by atoms with van der Waals surface area (Å²) >= 11 is 0. The Balaban J connectivity index is 0.00000264. The lowest BCUT2D eigenvalue weighted by atomic mass is 9.93.